The van der Waals surface area contributed by atoms with Crippen molar-refractivity contribution < 1.29 is 4.79 Å². The lowest BCUT2D eigenvalue weighted by Crippen LogP contribution is -2.44. The lowest BCUT2D eigenvalue weighted by molar-refractivity contribution is 0.0661. The molecule has 1 amide bonds. The molecule has 134 valence electrons. The van der Waals surface area contributed by atoms with Gasteiger partial charge in [-0.05, 0) is 61.4 Å². The maximum Gasteiger partial charge on any atom is 0.254 e. The molecule has 2 aromatic carbocycles. The molecule has 1 unspecified atom stereocenters. The Bertz CT molecular complexity index is 744. The van der Waals surface area contributed by atoms with Crippen molar-refractivity contribution in [2.24, 2.45) is 0 Å². The number of hydrogen-bond acceptors (Lipinski definition) is 2. The Morgan fingerprint density at radius 2 is 1.92 bits per heavy atom. The van der Waals surface area contributed by atoms with Gasteiger partial charge in [0.25, 0.3) is 5.91 Å². The first kappa shape index (κ1) is 19.3. The molecular weight excluding hydrogens is 332 g/mol. The molecule has 0 heterocycles. The Morgan fingerprint density at radius 3 is 2.64 bits per heavy atom. The number of rotatable bonds is 4. The zero-order valence-electron chi connectivity index (χ0n) is 15.0. The Kier molecular flexibility index (Phi) is 6.49. The highest BCUT2D eigenvalue weighted by Crippen LogP contribution is 2.26. The predicted octanol–water partition coefficient (Wildman–Crippen LogP) is 4.41. The van der Waals surface area contributed by atoms with Gasteiger partial charge in [0.1, 0.15) is 0 Å². The van der Waals surface area contributed by atoms with Crippen LogP contribution in [0.5, 0.6) is 0 Å². The van der Waals surface area contributed by atoms with Crippen molar-refractivity contribution >= 4 is 24.0 Å². The van der Waals surface area contributed by atoms with Crippen LogP contribution in [0.25, 0.3) is 0 Å². The van der Waals surface area contributed by atoms with Crippen molar-refractivity contribution in [3.05, 3.63) is 64.7 Å². The van der Waals surface area contributed by atoms with Gasteiger partial charge in [0, 0.05) is 23.8 Å². The predicted molar refractivity (Wildman–Crippen MR) is 106 cm³/mol. The number of fused-ring (bicyclic) bond motifs is 1. The van der Waals surface area contributed by atoms with E-state index in [0.717, 1.165) is 43.4 Å². The Balaban J connectivity index is 0.00000225. The number of anilines is 1. The van der Waals surface area contributed by atoms with Crippen molar-refractivity contribution in [3.8, 4) is 0 Å². The highest BCUT2D eigenvalue weighted by molar-refractivity contribution is 5.96. The largest absolute Gasteiger partial charge is 0.399 e. The number of carbonyl (C=O) groups is 1. The normalized spacial score (nSPS) is 15.8. The van der Waals surface area contributed by atoms with Crippen LogP contribution in [0.3, 0.4) is 0 Å². The number of nitrogens with two attached hydrogens (primary N) is 1. The monoisotopic (exact) mass is 358 g/mol. The number of aryl methyl sites for hydroxylation is 2. The van der Waals surface area contributed by atoms with E-state index in [4.69, 9.17) is 5.73 Å². The van der Waals surface area contributed by atoms with Gasteiger partial charge in [0.2, 0.25) is 0 Å². The summed E-state index contributed by atoms with van der Waals surface area (Å²) in [7, 11) is 0. The molecule has 0 bridgehead atoms. The molecule has 1 aliphatic carbocycles. The molecule has 3 nitrogen and oxygen atoms in total. The summed E-state index contributed by atoms with van der Waals surface area (Å²) in [6.45, 7) is 4.90. The van der Waals surface area contributed by atoms with Crippen LogP contribution in [0.15, 0.2) is 42.5 Å². The SMILES string of the molecule is CCCN(C(=O)c1cc(N)ccc1C)C1CCc2ccccc2C1.Cl. The topological polar surface area (TPSA) is 46.3 Å². The summed E-state index contributed by atoms with van der Waals surface area (Å²) in [4.78, 5) is 15.3. The van der Waals surface area contributed by atoms with Crippen LogP contribution >= 0.6 is 12.4 Å². The standard InChI is InChI=1S/C21H26N2O.ClH/c1-3-12-23(21(24)20-14-18(22)10-8-15(20)2)19-11-9-16-6-4-5-7-17(16)13-19;/h4-8,10,14,19H,3,9,11-13,22H2,1-2H3;1H. The molecule has 3 rings (SSSR count). The Hall–Kier alpha value is -2.00. The van der Waals surface area contributed by atoms with E-state index >= 15 is 0 Å². The molecule has 2 N–H and O–H groups in total. The Morgan fingerprint density at radius 1 is 1.20 bits per heavy atom. The van der Waals surface area contributed by atoms with Gasteiger partial charge in [0.15, 0.2) is 0 Å². The first-order chi connectivity index (χ1) is 11.6. The third kappa shape index (κ3) is 4.16. The number of halogens is 1. The van der Waals surface area contributed by atoms with Crippen LogP contribution in [0, 0.1) is 6.92 Å². The van der Waals surface area contributed by atoms with E-state index in [1.54, 1.807) is 0 Å². The van der Waals surface area contributed by atoms with Crippen LogP contribution in [0.2, 0.25) is 0 Å². The van der Waals surface area contributed by atoms with Crippen LogP contribution in [-0.4, -0.2) is 23.4 Å². The summed E-state index contributed by atoms with van der Waals surface area (Å²) < 4.78 is 0. The smallest absolute Gasteiger partial charge is 0.254 e. The van der Waals surface area contributed by atoms with Gasteiger partial charge in [-0.3, -0.25) is 4.79 Å². The molecule has 0 fully saturated rings. The minimum Gasteiger partial charge on any atom is -0.399 e. The number of amides is 1. The first-order valence-electron chi connectivity index (χ1n) is 8.84. The van der Waals surface area contributed by atoms with Crippen molar-refractivity contribution in [1.29, 1.82) is 0 Å². The molecule has 4 heteroatoms. The van der Waals surface area contributed by atoms with Gasteiger partial charge in [-0.2, -0.15) is 0 Å². The van der Waals surface area contributed by atoms with E-state index in [0.29, 0.717) is 5.69 Å². The van der Waals surface area contributed by atoms with Gasteiger partial charge in [-0.1, -0.05) is 37.3 Å². The van der Waals surface area contributed by atoms with Crippen molar-refractivity contribution in [2.75, 3.05) is 12.3 Å². The number of nitrogen functional groups attached to an aromatic ring is 1. The molecule has 0 aromatic heterocycles. The lowest BCUT2D eigenvalue weighted by atomic mass is 9.87. The van der Waals surface area contributed by atoms with E-state index in [1.165, 1.54) is 11.1 Å². The first-order valence-corrected chi connectivity index (χ1v) is 8.84. The molecule has 0 spiro atoms. The van der Waals surface area contributed by atoms with Gasteiger partial charge in [-0.25, -0.2) is 0 Å². The molecular formula is C21H27ClN2O. The summed E-state index contributed by atoms with van der Waals surface area (Å²) in [5, 5.41) is 0. The molecule has 0 saturated carbocycles. The van der Waals surface area contributed by atoms with E-state index in [1.807, 2.05) is 25.1 Å². The molecule has 0 radical (unpaired) electrons. The van der Waals surface area contributed by atoms with Crippen LogP contribution in [-0.2, 0) is 12.8 Å². The average molecular weight is 359 g/mol. The maximum atomic E-state index is 13.2. The van der Waals surface area contributed by atoms with Crippen LogP contribution < -0.4 is 5.73 Å². The Labute approximate surface area is 156 Å². The van der Waals surface area contributed by atoms with Crippen molar-refractivity contribution in [3.63, 3.8) is 0 Å². The third-order valence-corrected chi connectivity index (χ3v) is 4.98. The fourth-order valence-corrected chi connectivity index (χ4v) is 3.66. The summed E-state index contributed by atoms with van der Waals surface area (Å²) in [5.41, 5.74) is 11.1. The quantitative estimate of drug-likeness (QED) is 0.823. The molecule has 1 atom stereocenters. The number of nitrogens with zero attached hydrogens (tertiary/aromatic N) is 1. The fraction of sp³-hybridized carbons (Fsp3) is 0.381. The van der Waals surface area contributed by atoms with Crippen LogP contribution in [0.1, 0.15) is 46.8 Å². The maximum absolute atomic E-state index is 13.2. The lowest BCUT2D eigenvalue weighted by Gasteiger charge is -2.35. The zero-order valence-corrected chi connectivity index (χ0v) is 15.8. The van der Waals surface area contributed by atoms with Gasteiger partial charge in [-0.15, -0.1) is 12.4 Å². The molecule has 2 aromatic rings. The van der Waals surface area contributed by atoms with E-state index in [9.17, 15) is 4.79 Å². The van der Waals surface area contributed by atoms with Gasteiger partial charge in [0.05, 0.1) is 0 Å². The average Bonchev–Trinajstić information content (AvgIpc) is 2.61. The summed E-state index contributed by atoms with van der Waals surface area (Å²) >= 11 is 0. The second kappa shape index (κ2) is 8.39. The van der Waals surface area contributed by atoms with Gasteiger partial charge < -0.3 is 10.6 Å². The highest BCUT2D eigenvalue weighted by atomic mass is 35.5. The summed E-state index contributed by atoms with van der Waals surface area (Å²) in [6.07, 6.45) is 3.99. The van der Waals surface area contributed by atoms with E-state index in [-0.39, 0.29) is 24.4 Å². The number of hydrogen-bond donors (Lipinski definition) is 1. The summed E-state index contributed by atoms with van der Waals surface area (Å²) in [6, 6.07) is 14.5. The zero-order chi connectivity index (χ0) is 17.1. The molecule has 0 saturated heterocycles. The second-order valence-corrected chi connectivity index (χ2v) is 6.74. The highest BCUT2D eigenvalue weighted by Gasteiger charge is 2.28. The number of benzene rings is 2. The summed E-state index contributed by atoms with van der Waals surface area (Å²) in [5.74, 6) is 0.117. The van der Waals surface area contributed by atoms with E-state index < -0.39 is 0 Å². The fourth-order valence-electron chi connectivity index (χ4n) is 3.66. The molecule has 25 heavy (non-hydrogen) atoms. The molecule has 1 aliphatic rings. The minimum absolute atomic E-state index is 0. The van der Waals surface area contributed by atoms with Crippen molar-refractivity contribution in [1.82, 2.24) is 4.90 Å². The third-order valence-electron chi connectivity index (χ3n) is 4.98. The molecule has 0 aliphatic heterocycles. The second-order valence-electron chi connectivity index (χ2n) is 6.74. The van der Waals surface area contributed by atoms with Crippen molar-refractivity contribution in [2.45, 2.75) is 45.6 Å². The van der Waals surface area contributed by atoms with Crippen LogP contribution in [0.4, 0.5) is 5.69 Å². The number of carbonyl (C=O) groups excluding carboxylic acids is 1. The van der Waals surface area contributed by atoms with E-state index in [2.05, 4.69) is 36.1 Å². The minimum atomic E-state index is 0. The van der Waals surface area contributed by atoms with Gasteiger partial charge >= 0.3 is 0 Å².